The van der Waals surface area contributed by atoms with Crippen LogP contribution in [0.3, 0.4) is 0 Å². The maximum Gasteiger partial charge on any atom is 0.181 e. The van der Waals surface area contributed by atoms with E-state index in [0.29, 0.717) is 0 Å². The lowest BCUT2D eigenvalue weighted by molar-refractivity contribution is 0.648. The first-order chi connectivity index (χ1) is 5.86. The summed E-state index contributed by atoms with van der Waals surface area (Å²) in [5.41, 5.74) is -0.0145. The first-order valence-corrected chi connectivity index (χ1v) is 3.40. The van der Waals surface area contributed by atoms with Gasteiger partial charge in [-0.1, -0.05) is 0 Å². The van der Waals surface area contributed by atoms with E-state index in [4.69, 9.17) is 0 Å². The van der Waals surface area contributed by atoms with E-state index in [-0.39, 0.29) is 5.43 Å². The van der Waals surface area contributed by atoms with Crippen LogP contribution in [-0.2, 0) is 0 Å². The van der Waals surface area contributed by atoms with E-state index in [0.717, 1.165) is 0 Å². The molecule has 2 aromatic rings. The molecule has 0 radical (unpaired) electrons. The average molecular weight is 162 g/mol. The lowest BCUT2D eigenvalue weighted by Crippen LogP contribution is -2.09. The average Bonchev–Trinajstić information content (AvgIpc) is 2.58. The quantitative estimate of drug-likeness (QED) is 0.581. The fraction of sp³-hybridized carbons (Fsp3) is 0. The smallest absolute Gasteiger partial charge is 0.181 e. The Bertz CT molecular complexity index is 397. The van der Waals surface area contributed by atoms with E-state index >= 15 is 0 Å². The van der Waals surface area contributed by atoms with Gasteiger partial charge in [-0.2, -0.15) is 0 Å². The van der Waals surface area contributed by atoms with Crippen molar-refractivity contribution < 1.29 is 0 Å². The number of pyridine rings is 1. The van der Waals surface area contributed by atoms with Gasteiger partial charge in [0.2, 0.25) is 0 Å². The van der Waals surface area contributed by atoms with E-state index in [9.17, 15) is 4.79 Å². The lowest BCUT2D eigenvalue weighted by Gasteiger charge is -2.02. The summed E-state index contributed by atoms with van der Waals surface area (Å²) in [7, 11) is 0. The molecule has 0 spiro atoms. The van der Waals surface area contributed by atoms with Crippen molar-refractivity contribution in [1.29, 1.82) is 0 Å². The molecule has 0 aromatic carbocycles. The van der Waals surface area contributed by atoms with Gasteiger partial charge in [-0.15, -0.1) is 10.2 Å². The molecule has 0 aliphatic carbocycles. The minimum absolute atomic E-state index is 0.0145. The zero-order valence-electron chi connectivity index (χ0n) is 6.16. The Hall–Kier alpha value is -1.91. The normalized spacial score (nSPS) is 10.0. The molecule has 0 bridgehead atoms. The summed E-state index contributed by atoms with van der Waals surface area (Å²) in [6.07, 6.45) is 6.38. The molecule has 0 saturated heterocycles. The molecule has 2 heterocycles. The third kappa shape index (κ3) is 1.12. The van der Waals surface area contributed by atoms with Gasteiger partial charge < -0.3 is 0 Å². The number of nitrogens with zero attached hydrogens (tertiary/aromatic N) is 4. The summed E-state index contributed by atoms with van der Waals surface area (Å²) in [6, 6.07) is 2.94. The second kappa shape index (κ2) is 2.61. The van der Waals surface area contributed by atoms with Gasteiger partial charge in [-0.05, 0) is 0 Å². The second-order valence-electron chi connectivity index (χ2n) is 2.26. The zero-order chi connectivity index (χ0) is 8.39. The number of rotatable bonds is 1. The predicted molar refractivity (Wildman–Crippen MR) is 41.5 cm³/mol. The summed E-state index contributed by atoms with van der Waals surface area (Å²) in [5.74, 6) is 0. The highest BCUT2D eigenvalue weighted by Gasteiger charge is 1.89. The molecule has 0 aliphatic heterocycles. The van der Waals surface area contributed by atoms with Gasteiger partial charge in [-0.3, -0.25) is 9.47 Å². The van der Waals surface area contributed by atoms with Crippen molar-refractivity contribution in [1.82, 2.24) is 19.5 Å². The summed E-state index contributed by atoms with van der Waals surface area (Å²) in [5, 5.41) is 7.27. The molecule has 0 saturated carbocycles. The van der Waals surface area contributed by atoms with Crippen molar-refractivity contribution in [2.45, 2.75) is 0 Å². The standard InChI is InChI=1S/C7H6N4O/c12-7-1-3-10(4-2-7)11-5-8-9-6-11/h1-6H. The number of hydrogen-bond acceptors (Lipinski definition) is 3. The maximum absolute atomic E-state index is 10.7. The van der Waals surface area contributed by atoms with E-state index in [1.54, 1.807) is 34.4 Å². The molecule has 0 aliphatic rings. The van der Waals surface area contributed by atoms with Crippen molar-refractivity contribution in [3.8, 4) is 0 Å². The summed E-state index contributed by atoms with van der Waals surface area (Å²) < 4.78 is 3.35. The minimum atomic E-state index is -0.0145. The Kier molecular flexibility index (Phi) is 1.48. The largest absolute Gasteiger partial charge is 0.290 e. The molecule has 0 atom stereocenters. The van der Waals surface area contributed by atoms with E-state index in [1.807, 2.05) is 0 Å². The van der Waals surface area contributed by atoms with Crippen LogP contribution < -0.4 is 5.43 Å². The highest BCUT2D eigenvalue weighted by Crippen LogP contribution is 1.85. The zero-order valence-corrected chi connectivity index (χ0v) is 6.16. The topological polar surface area (TPSA) is 52.7 Å². The Morgan fingerprint density at radius 1 is 1.00 bits per heavy atom. The van der Waals surface area contributed by atoms with Gasteiger partial charge in [0.15, 0.2) is 5.43 Å². The fourth-order valence-electron chi connectivity index (χ4n) is 0.873. The molecule has 2 rings (SSSR count). The van der Waals surface area contributed by atoms with Gasteiger partial charge in [0.25, 0.3) is 0 Å². The molecule has 0 N–H and O–H groups in total. The summed E-state index contributed by atoms with van der Waals surface area (Å²) in [6.45, 7) is 0. The van der Waals surface area contributed by atoms with E-state index in [2.05, 4.69) is 10.2 Å². The van der Waals surface area contributed by atoms with E-state index in [1.165, 1.54) is 12.1 Å². The molecule has 0 fully saturated rings. The van der Waals surface area contributed by atoms with Gasteiger partial charge >= 0.3 is 0 Å². The van der Waals surface area contributed by atoms with Crippen LogP contribution in [0.15, 0.2) is 42.0 Å². The van der Waals surface area contributed by atoms with Crippen LogP contribution in [0.4, 0.5) is 0 Å². The summed E-state index contributed by atoms with van der Waals surface area (Å²) >= 11 is 0. The molecular weight excluding hydrogens is 156 g/mol. The predicted octanol–water partition coefficient (Wildman–Crippen LogP) is -0.249. The van der Waals surface area contributed by atoms with Crippen LogP contribution in [0.2, 0.25) is 0 Å². The monoisotopic (exact) mass is 162 g/mol. The summed E-state index contributed by atoms with van der Waals surface area (Å²) in [4.78, 5) is 10.7. The first kappa shape index (κ1) is 6.78. The third-order valence-corrected chi connectivity index (χ3v) is 1.46. The molecule has 60 valence electrons. The third-order valence-electron chi connectivity index (χ3n) is 1.46. The van der Waals surface area contributed by atoms with Crippen LogP contribution in [0, 0.1) is 0 Å². The molecule has 0 amide bonds. The Labute approximate surface area is 67.9 Å². The van der Waals surface area contributed by atoms with Gasteiger partial charge in [0.05, 0.1) is 0 Å². The van der Waals surface area contributed by atoms with Crippen LogP contribution in [-0.4, -0.2) is 19.5 Å². The van der Waals surface area contributed by atoms with Crippen molar-refractivity contribution in [3.05, 3.63) is 47.4 Å². The van der Waals surface area contributed by atoms with Crippen LogP contribution >= 0.6 is 0 Å². The minimum Gasteiger partial charge on any atom is -0.290 e. The van der Waals surface area contributed by atoms with Gasteiger partial charge in [-0.25, -0.2) is 4.68 Å². The SMILES string of the molecule is O=c1ccn(-n2cnnc2)cc1. The molecule has 2 aromatic heterocycles. The number of hydrogen-bond donors (Lipinski definition) is 0. The number of aromatic nitrogens is 4. The van der Waals surface area contributed by atoms with E-state index < -0.39 is 0 Å². The van der Waals surface area contributed by atoms with Crippen molar-refractivity contribution in [2.24, 2.45) is 0 Å². The first-order valence-electron chi connectivity index (χ1n) is 3.40. The van der Waals surface area contributed by atoms with Crippen LogP contribution in [0.5, 0.6) is 0 Å². The van der Waals surface area contributed by atoms with Gasteiger partial charge in [0.1, 0.15) is 12.7 Å². The molecule has 5 nitrogen and oxygen atoms in total. The molecule has 0 unspecified atom stereocenters. The Morgan fingerprint density at radius 2 is 1.58 bits per heavy atom. The van der Waals surface area contributed by atoms with Crippen LogP contribution in [0.25, 0.3) is 0 Å². The van der Waals surface area contributed by atoms with Crippen molar-refractivity contribution in [3.63, 3.8) is 0 Å². The Balaban J connectivity index is 2.49. The molecule has 5 heteroatoms. The van der Waals surface area contributed by atoms with Crippen LogP contribution in [0.1, 0.15) is 0 Å². The highest BCUT2D eigenvalue weighted by molar-refractivity contribution is 4.94. The van der Waals surface area contributed by atoms with Gasteiger partial charge in [0, 0.05) is 24.5 Å². The van der Waals surface area contributed by atoms with Crippen molar-refractivity contribution >= 4 is 0 Å². The second-order valence-corrected chi connectivity index (χ2v) is 2.26. The molecule has 12 heavy (non-hydrogen) atoms. The highest BCUT2D eigenvalue weighted by atomic mass is 16.1. The maximum atomic E-state index is 10.7. The van der Waals surface area contributed by atoms with Crippen molar-refractivity contribution in [2.75, 3.05) is 0 Å². The lowest BCUT2D eigenvalue weighted by atomic mass is 10.5. The Morgan fingerprint density at radius 3 is 2.17 bits per heavy atom. The fourth-order valence-corrected chi connectivity index (χ4v) is 0.873. The molecular formula is C7H6N4O.